The van der Waals surface area contributed by atoms with Gasteiger partial charge in [0.15, 0.2) is 11.5 Å². The second-order valence-electron chi connectivity index (χ2n) is 6.64. The minimum Gasteiger partial charge on any atom is -0.454 e. The number of aromatic nitrogens is 2. The van der Waals surface area contributed by atoms with Crippen LogP contribution in [0.2, 0.25) is 0 Å². The molecule has 1 aliphatic rings. The lowest BCUT2D eigenvalue weighted by Gasteiger charge is -2.28. The van der Waals surface area contributed by atoms with Crippen LogP contribution in [-0.4, -0.2) is 22.8 Å². The highest BCUT2D eigenvalue weighted by Crippen LogP contribution is 2.34. The van der Waals surface area contributed by atoms with Gasteiger partial charge in [0.1, 0.15) is 5.82 Å². The van der Waals surface area contributed by atoms with Crippen molar-refractivity contribution in [2.45, 2.75) is 26.4 Å². The van der Waals surface area contributed by atoms with E-state index in [1.54, 1.807) is 6.20 Å². The number of ether oxygens (including phenoxy) is 2. The lowest BCUT2D eigenvalue weighted by Crippen LogP contribution is -2.31. The van der Waals surface area contributed by atoms with Crippen molar-refractivity contribution < 1.29 is 9.47 Å². The van der Waals surface area contributed by atoms with Gasteiger partial charge < -0.3 is 19.7 Å². The zero-order valence-corrected chi connectivity index (χ0v) is 15.4. The molecule has 0 aliphatic carbocycles. The fourth-order valence-electron chi connectivity index (χ4n) is 2.98. The predicted octanol–water partition coefficient (Wildman–Crippen LogP) is 4.36. The standard InChI is InChI=1S/C21H22N4O2/c1-15(2)25(13-16-6-4-3-5-7-16)20-10-11-22-21(24-20)23-17-8-9-18-19(12-17)27-14-26-18/h3-12,15H,13-14H2,1-2H3,(H,22,23,24). The molecule has 0 amide bonds. The molecular formula is C21H22N4O2. The highest BCUT2D eigenvalue weighted by molar-refractivity contribution is 5.61. The van der Waals surface area contributed by atoms with Crippen LogP contribution in [0.25, 0.3) is 0 Å². The lowest BCUT2D eigenvalue weighted by atomic mass is 10.2. The molecule has 6 heteroatoms. The Morgan fingerprint density at radius 1 is 1.04 bits per heavy atom. The Labute approximate surface area is 158 Å². The maximum Gasteiger partial charge on any atom is 0.231 e. The Morgan fingerprint density at radius 2 is 1.85 bits per heavy atom. The Kier molecular flexibility index (Phi) is 4.78. The van der Waals surface area contributed by atoms with E-state index in [9.17, 15) is 0 Å². The summed E-state index contributed by atoms with van der Waals surface area (Å²) in [7, 11) is 0. The molecule has 27 heavy (non-hydrogen) atoms. The summed E-state index contributed by atoms with van der Waals surface area (Å²) < 4.78 is 10.8. The smallest absolute Gasteiger partial charge is 0.231 e. The normalized spacial score (nSPS) is 12.3. The van der Waals surface area contributed by atoms with Crippen molar-refractivity contribution in [3.8, 4) is 11.5 Å². The molecular weight excluding hydrogens is 340 g/mol. The SMILES string of the molecule is CC(C)N(Cc1ccccc1)c1ccnc(Nc2ccc3c(c2)OCO3)n1. The average molecular weight is 362 g/mol. The van der Waals surface area contributed by atoms with Crippen molar-refractivity contribution in [1.29, 1.82) is 0 Å². The minimum atomic E-state index is 0.258. The van der Waals surface area contributed by atoms with Gasteiger partial charge in [-0.1, -0.05) is 30.3 Å². The number of hydrogen-bond donors (Lipinski definition) is 1. The maximum absolute atomic E-state index is 5.43. The molecule has 2 aromatic carbocycles. The van der Waals surface area contributed by atoms with E-state index in [1.165, 1.54) is 5.56 Å². The second-order valence-corrected chi connectivity index (χ2v) is 6.64. The number of nitrogens with one attached hydrogen (secondary N) is 1. The van der Waals surface area contributed by atoms with Crippen LogP contribution in [0.1, 0.15) is 19.4 Å². The van der Waals surface area contributed by atoms with Crippen molar-refractivity contribution in [3.05, 3.63) is 66.4 Å². The predicted molar refractivity (Wildman–Crippen MR) is 106 cm³/mol. The molecule has 0 saturated carbocycles. The quantitative estimate of drug-likeness (QED) is 0.703. The van der Waals surface area contributed by atoms with Crippen molar-refractivity contribution in [1.82, 2.24) is 9.97 Å². The first-order valence-electron chi connectivity index (χ1n) is 8.99. The van der Waals surface area contributed by atoms with Gasteiger partial charge in [-0.25, -0.2) is 4.98 Å². The summed E-state index contributed by atoms with van der Waals surface area (Å²) in [6, 6.07) is 18.3. The molecule has 4 rings (SSSR count). The van der Waals surface area contributed by atoms with Crippen LogP contribution in [0.3, 0.4) is 0 Å². The molecule has 0 atom stereocenters. The summed E-state index contributed by atoms with van der Waals surface area (Å²) in [5.41, 5.74) is 2.10. The Hall–Kier alpha value is -3.28. The van der Waals surface area contributed by atoms with Gasteiger partial charge in [-0.15, -0.1) is 0 Å². The number of nitrogens with zero attached hydrogens (tertiary/aromatic N) is 3. The minimum absolute atomic E-state index is 0.258. The largest absolute Gasteiger partial charge is 0.454 e. The number of anilines is 3. The molecule has 1 N–H and O–H groups in total. The molecule has 138 valence electrons. The Morgan fingerprint density at radius 3 is 2.67 bits per heavy atom. The molecule has 6 nitrogen and oxygen atoms in total. The highest BCUT2D eigenvalue weighted by atomic mass is 16.7. The van der Waals surface area contributed by atoms with Crippen molar-refractivity contribution in [2.75, 3.05) is 17.0 Å². The van der Waals surface area contributed by atoms with Crippen molar-refractivity contribution >= 4 is 17.5 Å². The zero-order chi connectivity index (χ0) is 18.6. The van der Waals surface area contributed by atoms with Gasteiger partial charge in [-0.2, -0.15) is 4.98 Å². The van der Waals surface area contributed by atoms with E-state index in [0.29, 0.717) is 12.0 Å². The average Bonchev–Trinajstić information content (AvgIpc) is 3.15. The molecule has 3 aromatic rings. The molecule has 0 radical (unpaired) electrons. The van der Waals surface area contributed by atoms with Gasteiger partial charge in [0.2, 0.25) is 12.7 Å². The third kappa shape index (κ3) is 3.95. The molecule has 0 saturated heterocycles. The van der Waals surface area contributed by atoms with E-state index in [1.807, 2.05) is 30.3 Å². The lowest BCUT2D eigenvalue weighted by molar-refractivity contribution is 0.174. The second kappa shape index (κ2) is 7.53. The van der Waals surface area contributed by atoms with E-state index in [2.05, 4.69) is 53.3 Å². The Bertz CT molecular complexity index is 915. The zero-order valence-electron chi connectivity index (χ0n) is 15.4. The molecule has 1 aromatic heterocycles. The van der Waals surface area contributed by atoms with Crippen LogP contribution >= 0.6 is 0 Å². The van der Waals surface area contributed by atoms with Gasteiger partial charge in [0, 0.05) is 30.5 Å². The molecule has 0 bridgehead atoms. The molecule has 0 fully saturated rings. The molecule has 1 aliphatic heterocycles. The molecule has 2 heterocycles. The number of benzene rings is 2. The van der Waals surface area contributed by atoms with E-state index < -0.39 is 0 Å². The maximum atomic E-state index is 5.43. The van der Waals surface area contributed by atoms with Gasteiger partial charge >= 0.3 is 0 Å². The first-order chi connectivity index (χ1) is 13.2. The third-order valence-electron chi connectivity index (χ3n) is 4.38. The van der Waals surface area contributed by atoms with Crippen LogP contribution in [0.5, 0.6) is 11.5 Å². The fraction of sp³-hybridized carbons (Fsp3) is 0.238. The molecule has 0 spiro atoms. The van der Waals surface area contributed by atoms with Crippen LogP contribution in [0.15, 0.2) is 60.8 Å². The summed E-state index contributed by atoms with van der Waals surface area (Å²) >= 11 is 0. The number of hydrogen-bond acceptors (Lipinski definition) is 6. The van der Waals surface area contributed by atoms with E-state index in [0.717, 1.165) is 29.5 Å². The Balaban J connectivity index is 1.55. The van der Waals surface area contributed by atoms with Crippen molar-refractivity contribution in [2.24, 2.45) is 0 Å². The first kappa shape index (κ1) is 17.1. The topological polar surface area (TPSA) is 59.5 Å². The van der Waals surface area contributed by atoms with Gasteiger partial charge in [0.25, 0.3) is 0 Å². The van der Waals surface area contributed by atoms with Gasteiger partial charge in [-0.05, 0) is 37.6 Å². The van der Waals surface area contributed by atoms with Crippen LogP contribution in [0.4, 0.5) is 17.5 Å². The highest BCUT2D eigenvalue weighted by Gasteiger charge is 2.15. The third-order valence-corrected chi connectivity index (χ3v) is 4.38. The van der Waals surface area contributed by atoms with E-state index in [-0.39, 0.29) is 6.79 Å². The summed E-state index contributed by atoms with van der Waals surface area (Å²) in [6.45, 7) is 5.37. The van der Waals surface area contributed by atoms with Crippen LogP contribution < -0.4 is 19.7 Å². The first-order valence-corrected chi connectivity index (χ1v) is 8.99. The monoisotopic (exact) mass is 362 g/mol. The molecule has 0 unspecified atom stereocenters. The fourth-order valence-corrected chi connectivity index (χ4v) is 2.98. The van der Waals surface area contributed by atoms with Crippen LogP contribution in [0, 0.1) is 0 Å². The van der Waals surface area contributed by atoms with Gasteiger partial charge in [0.05, 0.1) is 0 Å². The summed E-state index contributed by atoms with van der Waals surface area (Å²) in [4.78, 5) is 11.3. The van der Waals surface area contributed by atoms with E-state index in [4.69, 9.17) is 14.5 Å². The summed E-state index contributed by atoms with van der Waals surface area (Å²) in [5.74, 6) is 2.91. The number of fused-ring (bicyclic) bond motifs is 1. The number of rotatable bonds is 6. The summed E-state index contributed by atoms with van der Waals surface area (Å²) in [6.07, 6.45) is 1.78. The summed E-state index contributed by atoms with van der Waals surface area (Å²) in [5, 5.41) is 3.25. The van der Waals surface area contributed by atoms with E-state index >= 15 is 0 Å². The van der Waals surface area contributed by atoms with Crippen molar-refractivity contribution in [3.63, 3.8) is 0 Å². The van der Waals surface area contributed by atoms with Gasteiger partial charge in [-0.3, -0.25) is 0 Å². The van der Waals surface area contributed by atoms with Crippen LogP contribution in [-0.2, 0) is 6.54 Å².